The molecule has 2 heterocycles. The standard InChI is InChI=1S/C14H22N4O3/c1-14(12(19)20)5-3-8-18(10-14)13(21)16-6-4-11-15-7-9-17(11)2/h7,9H,3-6,8,10H2,1-2H3,(H,16,21)(H,19,20). The maximum absolute atomic E-state index is 12.1. The first-order valence-corrected chi connectivity index (χ1v) is 7.15. The molecule has 7 heteroatoms. The van der Waals surface area contributed by atoms with Crippen LogP contribution in [0.15, 0.2) is 12.4 Å². The highest BCUT2D eigenvalue weighted by Gasteiger charge is 2.39. The summed E-state index contributed by atoms with van der Waals surface area (Å²) in [6, 6.07) is -0.198. The van der Waals surface area contributed by atoms with Crippen molar-refractivity contribution < 1.29 is 14.7 Å². The quantitative estimate of drug-likeness (QED) is 0.862. The average Bonchev–Trinajstić information content (AvgIpc) is 2.84. The predicted octanol–water partition coefficient (Wildman–Crippen LogP) is 0.859. The van der Waals surface area contributed by atoms with Crippen molar-refractivity contribution in [3.05, 3.63) is 18.2 Å². The van der Waals surface area contributed by atoms with Crippen LogP contribution in [0.4, 0.5) is 4.79 Å². The van der Waals surface area contributed by atoms with Gasteiger partial charge in [0, 0.05) is 45.5 Å². The molecule has 2 rings (SSSR count). The summed E-state index contributed by atoms with van der Waals surface area (Å²) in [5.41, 5.74) is -0.838. The van der Waals surface area contributed by atoms with Crippen molar-refractivity contribution >= 4 is 12.0 Å². The fourth-order valence-corrected chi connectivity index (χ4v) is 2.62. The van der Waals surface area contributed by atoms with E-state index in [9.17, 15) is 14.7 Å². The van der Waals surface area contributed by atoms with Gasteiger partial charge in [-0.05, 0) is 19.8 Å². The Bertz CT molecular complexity index is 528. The van der Waals surface area contributed by atoms with E-state index in [0.29, 0.717) is 25.9 Å². The molecular formula is C14H22N4O3. The molecule has 0 bridgehead atoms. The molecule has 1 unspecified atom stereocenters. The number of nitrogens with one attached hydrogen (secondary N) is 1. The summed E-state index contributed by atoms with van der Waals surface area (Å²) >= 11 is 0. The number of carbonyl (C=O) groups excluding carboxylic acids is 1. The highest BCUT2D eigenvalue weighted by atomic mass is 16.4. The summed E-state index contributed by atoms with van der Waals surface area (Å²) in [5.74, 6) is 0.0670. The minimum Gasteiger partial charge on any atom is -0.481 e. The van der Waals surface area contributed by atoms with Crippen LogP contribution in [-0.4, -0.2) is 51.2 Å². The molecule has 0 saturated carbocycles. The van der Waals surface area contributed by atoms with E-state index < -0.39 is 11.4 Å². The van der Waals surface area contributed by atoms with Crippen LogP contribution < -0.4 is 5.32 Å². The number of likely N-dealkylation sites (tertiary alicyclic amines) is 1. The van der Waals surface area contributed by atoms with Gasteiger partial charge in [-0.15, -0.1) is 0 Å². The lowest BCUT2D eigenvalue weighted by Gasteiger charge is -2.37. The number of imidazole rings is 1. The minimum atomic E-state index is -0.840. The molecule has 0 aliphatic carbocycles. The highest BCUT2D eigenvalue weighted by Crippen LogP contribution is 2.29. The van der Waals surface area contributed by atoms with Crippen LogP contribution >= 0.6 is 0 Å². The van der Waals surface area contributed by atoms with Gasteiger partial charge in [-0.3, -0.25) is 4.79 Å². The highest BCUT2D eigenvalue weighted by molar-refractivity contribution is 5.78. The van der Waals surface area contributed by atoms with E-state index >= 15 is 0 Å². The summed E-state index contributed by atoms with van der Waals surface area (Å²) in [6.45, 7) is 3.06. The fraction of sp³-hybridized carbons (Fsp3) is 0.643. The predicted molar refractivity (Wildman–Crippen MR) is 76.9 cm³/mol. The number of piperidine rings is 1. The van der Waals surface area contributed by atoms with Gasteiger partial charge in [0.1, 0.15) is 5.82 Å². The number of rotatable bonds is 4. The number of carbonyl (C=O) groups is 2. The zero-order chi connectivity index (χ0) is 15.5. The smallest absolute Gasteiger partial charge is 0.317 e. The molecule has 0 aromatic carbocycles. The first kappa shape index (κ1) is 15.3. The fourth-order valence-electron chi connectivity index (χ4n) is 2.62. The Kier molecular flexibility index (Phi) is 4.50. The number of urea groups is 1. The number of carboxylic acids is 1. The SMILES string of the molecule is Cn1ccnc1CCNC(=O)N1CCCC(C)(C(=O)O)C1. The second kappa shape index (κ2) is 6.15. The summed E-state index contributed by atoms with van der Waals surface area (Å²) in [5, 5.41) is 12.1. The maximum atomic E-state index is 12.1. The molecule has 1 atom stereocenters. The van der Waals surface area contributed by atoms with Gasteiger partial charge in [-0.2, -0.15) is 0 Å². The Balaban J connectivity index is 1.83. The van der Waals surface area contributed by atoms with E-state index in [4.69, 9.17) is 0 Å². The largest absolute Gasteiger partial charge is 0.481 e. The Morgan fingerprint density at radius 2 is 2.29 bits per heavy atom. The van der Waals surface area contributed by atoms with Gasteiger partial charge in [0.2, 0.25) is 0 Å². The van der Waals surface area contributed by atoms with Gasteiger partial charge in [0.25, 0.3) is 0 Å². The van der Waals surface area contributed by atoms with E-state index in [1.54, 1.807) is 18.0 Å². The van der Waals surface area contributed by atoms with Crippen molar-refractivity contribution in [3.63, 3.8) is 0 Å². The third-order valence-electron chi connectivity index (χ3n) is 4.05. The molecule has 1 fully saturated rings. The first-order chi connectivity index (χ1) is 9.92. The molecule has 2 amide bonds. The molecule has 1 aromatic rings. The number of aryl methyl sites for hydroxylation is 1. The van der Waals surface area contributed by atoms with Gasteiger partial charge >= 0.3 is 12.0 Å². The van der Waals surface area contributed by atoms with Gasteiger partial charge < -0.3 is 19.9 Å². The Morgan fingerprint density at radius 3 is 2.90 bits per heavy atom. The van der Waals surface area contributed by atoms with Crippen molar-refractivity contribution in [2.75, 3.05) is 19.6 Å². The summed E-state index contributed by atoms with van der Waals surface area (Å²) in [4.78, 5) is 29.2. The second-order valence-corrected chi connectivity index (χ2v) is 5.83. The molecule has 1 aromatic heterocycles. The number of nitrogens with zero attached hydrogens (tertiary/aromatic N) is 3. The molecule has 1 aliphatic rings. The van der Waals surface area contributed by atoms with E-state index in [-0.39, 0.29) is 12.6 Å². The van der Waals surface area contributed by atoms with Crippen LogP contribution in [0.2, 0.25) is 0 Å². The van der Waals surface area contributed by atoms with Crippen molar-refractivity contribution in [1.29, 1.82) is 0 Å². The van der Waals surface area contributed by atoms with Crippen LogP contribution in [0.5, 0.6) is 0 Å². The van der Waals surface area contributed by atoms with Crippen molar-refractivity contribution in [3.8, 4) is 0 Å². The van der Waals surface area contributed by atoms with Crippen molar-refractivity contribution in [1.82, 2.24) is 19.8 Å². The van der Waals surface area contributed by atoms with E-state index in [1.165, 1.54) is 0 Å². The second-order valence-electron chi connectivity index (χ2n) is 5.83. The van der Waals surface area contributed by atoms with E-state index in [2.05, 4.69) is 10.3 Å². The first-order valence-electron chi connectivity index (χ1n) is 7.15. The number of aromatic nitrogens is 2. The monoisotopic (exact) mass is 294 g/mol. The number of amides is 2. The zero-order valence-corrected chi connectivity index (χ0v) is 12.5. The summed E-state index contributed by atoms with van der Waals surface area (Å²) < 4.78 is 1.91. The molecule has 2 N–H and O–H groups in total. The molecule has 1 aliphatic heterocycles. The normalized spacial score (nSPS) is 22.1. The average molecular weight is 294 g/mol. The molecule has 116 valence electrons. The van der Waals surface area contributed by atoms with Gasteiger partial charge in [-0.1, -0.05) is 0 Å². The van der Waals surface area contributed by atoms with Gasteiger partial charge in [-0.25, -0.2) is 9.78 Å². The molecule has 21 heavy (non-hydrogen) atoms. The van der Waals surface area contributed by atoms with Crippen molar-refractivity contribution in [2.45, 2.75) is 26.2 Å². The Labute approximate surface area is 124 Å². The van der Waals surface area contributed by atoms with Crippen molar-refractivity contribution in [2.24, 2.45) is 12.5 Å². The van der Waals surface area contributed by atoms with Crippen LogP contribution in [0, 0.1) is 5.41 Å². The lowest BCUT2D eigenvalue weighted by atomic mass is 9.82. The topological polar surface area (TPSA) is 87.5 Å². The number of carboxylic acid groups (broad SMARTS) is 1. The van der Waals surface area contributed by atoms with E-state index in [1.807, 2.05) is 17.8 Å². The van der Waals surface area contributed by atoms with Crippen LogP contribution in [0.3, 0.4) is 0 Å². The zero-order valence-electron chi connectivity index (χ0n) is 12.5. The molecule has 0 spiro atoms. The molecule has 0 radical (unpaired) electrons. The van der Waals surface area contributed by atoms with E-state index in [0.717, 1.165) is 12.2 Å². The third kappa shape index (κ3) is 3.53. The Morgan fingerprint density at radius 1 is 1.52 bits per heavy atom. The summed E-state index contributed by atoms with van der Waals surface area (Å²) in [6.07, 6.45) is 5.56. The van der Waals surface area contributed by atoms with Gasteiger partial charge in [0.15, 0.2) is 0 Å². The number of hydrogen-bond donors (Lipinski definition) is 2. The number of aliphatic carboxylic acids is 1. The Hall–Kier alpha value is -2.05. The van der Waals surface area contributed by atoms with Crippen LogP contribution in [-0.2, 0) is 18.3 Å². The maximum Gasteiger partial charge on any atom is 0.317 e. The lowest BCUT2D eigenvalue weighted by molar-refractivity contribution is -0.150. The molecule has 1 saturated heterocycles. The lowest BCUT2D eigenvalue weighted by Crippen LogP contribution is -2.51. The van der Waals surface area contributed by atoms with Crippen LogP contribution in [0.25, 0.3) is 0 Å². The minimum absolute atomic E-state index is 0.198. The molecule has 7 nitrogen and oxygen atoms in total. The van der Waals surface area contributed by atoms with Gasteiger partial charge in [0.05, 0.1) is 5.41 Å². The summed E-state index contributed by atoms with van der Waals surface area (Å²) in [7, 11) is 1.91. The molecular weight excluding hydrogens is 272 g/mol. The van der Waals surface area contributed by atoms with Crippen LogP contribution in [0.1, 0.15) is 25.6 Å². The third-order valence-corrected chi connectivity index (χ3v) is 4.05. The number of hydrogen-bond acceptors (Lipinski definition) is 3.